The van der Waals surface area contributed by atoms with Crippen LogP contribution in [0, 0.1) is 12.0 Å². The van der Waals surface area contributed by atoms with Crippen LogP contribution in [-0.2, 0) is 26.2 Å². The molecule has 0 saturated heterocycles. The molecule has 2 aliphatic rings. The normalized spacial score (nSPS) is 19.3. The molecule has 1 atom stereocenters. The number of hydrogen-bond acceptors (Lipinski definition) is 1. The molecule has 3 rings (SSSR count). The predicted molar refractivity (Wildman–Crippen MR) is 75.6 cm³/mol. The summed E-state index contributed by atoms with van der Waals surface area (Å²) in [4.78, 5) is 0.995. The molecule has 0 spiro atoms. The number of benzene rings is 1. The van der Waals surface area contributed by atoms with Crippen molar-refractivity contribution >= 4 is 22.7 Å². The van der Waals surface area contributed by atoms with Crippen molar-refractivity contribution in [3.05, 3.63) is 64.8 Å². The van der Waals surface area contributed by atoms with E-state index in [1.807, 2.05) is 6.07 Å². The molecular weight excluding hydrogens is 386 g/mol. The fraction of sp³-hybridized carbons (Fsp3) is 0.188. The van der Waals surface area contributed by atoms with Crippen LogP contribution in [0.4, 0.5) is 0 Å². The molecule has 1 aromatic carbocycles. The van der Waals surface area contributed by atoms with E-state index in [0.29, 0.717) is 0 Å². The van der Waals surface area contributed by atoms with E-state index in [-0.39, 0.29) is 56.9 Å². The van der Waals surface area contributed by atoms with Gasteiger partial charge in [0, 0.05) is 0 Å². The minimum absolute atomic E-state index is 0. The molecule has 101 valence electrons. The number of halogens is 2. The summed E-state index contributed by atoms with van der Waals surface area (Å²) in [7, 11) is 0. The number of allylic oxidation sites excluding steroid dienone is 6. The quantitative estimate of drug-likeness (QED) is 0.395. The Morgan fingerprint density at radius 3 is 2.25 bits per heavy atom. The summed E-state index contributed by atoms with van der Waals surface area (Å²) in [5.41, 5.74) is 6.31. The van der Waals surface area contributed by atoms with Crippen LogP contribution >= 0.6 is 12.2 Å². The van der Waals surface area contributed by atoms with Crippen LogP contribution in [0.3, 0.4) is 0 Å². The third-order valence-corrected chi connectivity index (χ3v) is 3.98. The van der Waals surface area contributed by atoms with Crippen molar-refractivity contribution in [2.45, 2.75) is 13.8 Å². The van der Waals surface area contributed by atoms with Gasteiger partial charge in [-0.05, 0) is 18.1 Å². The molecule has 0 amide bonds. The van der Waals surface area contributed by atoms with Crippen LogP contribution in [0.1, 0.15) is 19.4 Å². The number of thiocarbonyl (C=S) groups is 1. The van der Waals surface area contributed by atoms with Crippen molar-refractivity contribution < 1.29 is 51.0 Å². The van der Waals surface area contributed by atoms with Gasteiger partial charge in [-0.3, -0.25) is 6.08 Å². The minimum Gasteiger partial charge on any atom is -1.00 e. The van der Waals surface area contributed by atoms with Gasteiger partial charge >= 0.3 is 26.2 Å². The van der Waals surface area contributed by atoms with Gasteiger partial charge in [0.1, 0.15) is 0 Å². The van der Waals surface area contributed by atoms with Gasteiger partial charge in [0.2, 0.25) is 0 Å². The van der Waals surface area contributed by atoms with E-state index < -0.39 is 0 Å². The third kappa shape index (κ3) is 3.25. The molecule has 0 aliphatic heterocycles. The van der Waals surface area contributed by atoms with Gasteiger partial charge in [0.15, 0.2) is 0 Å². The Morgan fingerprint density at radius 2 is 1.65 bits per heavy atom. The molecule has 0 saturated carbocycles. The molecule has 4 heteroatoms. The van der Waals surface area contributed by atoms with Gasteiger partial charge in [-0.25, -0.2) is 17.8 Å². The topological polar surface area (TPSA) is 0 Å². The summed E-state index contributed by atoms with van der Waals surface area (Å²) in [6.07, 6.45) is 5.74. The van der Waals surface area contributed by atoms with Crippen molar-refractivity contribution in [1.29, 1.82) is 0 Å². The Hall–Kier alpha value is -0.00688. The first-order chi connectivity index (χ1) is 8.18. The zero-order chi connectivity index (χ0) is 12.0. The maximum atomic E-state index is 5.47. The van der Waals surface area contributed by atoms with Crippen LogP contribution in [0.5, 0.6) is 0 Å². The van der Waals surface area contributed by atoms with E-state index in [0.717, 1.165) is 10.4 Å². The zero-order valence-corrected chi connectivity index (χ0v) is 16.0. The Kier molecular flexibility index (Phi) is 7.84. The molecule has 20 heavy (non-hydrogen) atoms. The van der Waals surface area contributed by atoms with E-state index in [9.17, 15) is 0 Å². The van der Waals surface area contributed by atoms with E-state index >= 15 is 0 Å². The molecule has 0 nitrogen and oxygen atoms in total. The maximum absolute atomic E-state index is 5.47. The van der Waals surface area contributed by atoms with Gasteiger partial charge in [0.25, 0.3) is 0 Å². The molecular formula is C16H13Cl2SZr. The van der Waals surface area contributed by atoms with E-state index in [1.165, 1.54) is 22.3 Å². The molecule has 0 fully saturated rings. The first-order valence-electron chi connectivity index (χ1n) is 5.81. The molecule has 0 aromatic heterocycles. The Labute approximate surface area is 157 Å². The summed E-state index contributed by atoms with van der Waals surface area (Å²) in [5.74, 6) is 0.268. The molecule has 1 radical (unpaired) electrons. The smallest absolute Gasteiger partial charge is 1.00 e. The first-order valence-corrected chi connectivity index (χ1v) is 6.22. The van der Waals surface area contributed by atoms with Crippen LogP contribution in [0.15, 0.2) is 53.1 Å². The summed E-state index contributed by atoms with van der Waals surface area (Å²) in [6.45, 7) is 4.20. The monoisotopic (exact) mass is 397 g/mol. The maximum Gasteiger partial charge on any atom is 3.00 e. The Balaban J connectivity index is 0.00000120. The predicted octanol–water partition coefficient (Wildman–Crippen LogP) is -1.85. The van der Waals surface area contributed by atoms with Crippen LogP contribution in [0.25, 0.3) is 5.57 Å². The molecule has 0 heterocycles. The summed E-state index contributed by atoms with van der Waals surface area (Å²) in [5, 5.41) is 0. The fourth-order valence-corrected chi connectivity index (χ4v) is 2.94. The van der Waals surface area contributed by atoms with Crippen molar-refractivity contribution in [2.24, 2.45) is 5.92 Å². The van der Waals surface area contributed by atoms with Crippen molar-refractivity contribution in [2.75, 3.05) is 0 Å². The molecule has 0 N–H and O–H groups in total. The first kappa shape index (κ1) is 20.0. The summed E-state index contributed by atoms with van der Waals surface area (Å²) in [6, 6.07) is 10.5. The van der Waals surface area contributed by atoms with Crippen molar-refractivity contribution in [3.8, 4) is 0 Å². The van der Waals surface area contributed by atoms with Gasteiger partial charge < -0.3 is 24.8 Å². The standard InChI is InChI=1S/C16H13S.2ClH.Zr/c1-10-8-13(12-6-4-3-5-7-12)14-9-11(2)16(17)15(10)14;;;/h3-8,14H,1-2H3;2*1H;/q-1;;;+3/p-2. The molecule has 2 aliphatic carbocycles. The second-order valence-electron chi connectivity index (χ2n) is 4.59. The van der Waals surface area contributed by atoms with Crippen LogP contribution < -0.4 is 24.8 Å². The van der Waals surface area contributed by atoms with Crippen molar-refractivity contribution in [3.63, 3.8) is 0 Å². The second-order valence-corrected chi connectivity index (χ2v) is 5.00. The zero-order valence-electron chi connectivity index (χ0n) is 11.2. The average Bonchev–Trinajstić information content (AvgIpc) is 2.81. The molecule has 0 bridgehead atoms. The second kappa shape index (κ2) is 7.85. The fourth-order valence-electron chi connectivity index (χ4n) is 2.60. The summed E-state index contributed by atoms with van der Waals surface area (Å²) < 4.78 is 0. The molecule has 1 unspecified atom stereocenters. The van der Waals surface area contributed by atoms with Crippen LogP contribution in [0.2, 0.25) is 0 Å². The number of fused-ring (bicyclic) bond motifs is 1. The van der Waals surface area contributed by atoms with Gasteiger partial charge in [0.05, 0.1) is 0 Å². The van der Waals surface area contributed by atoms with E-state index in [4.69, 9.17) is 12.2 Å². The number of hydrogen-bond donors (Lipinski definition) is 0. The SMILES string of the molecule is CC1=[C-]C2C(c3ccccc3)=CC(C)=C2C1=S.[Cl-].[Cl-].[Zr+3]. The van der Waals surface area contributed by atoms with Gasteiger partial charge in [-0.15, -0.1) is 10.4 Å². The van der Waals surface area contributed by atoms with Crippen molar-refractivity contribution in [1.82, 2.24) is 0 Å². The number of rotatable bonds is 1. The largest absolute Gasteiger partial charge is 3.00 e. The minimum atomic E-state index is 0. The van der Waals surface area contributed by atoms with Gasteiger partial charge in [-0.2, -0.15) is 0 Å². The summed E-state index contributed by atoms with van der Waals surface area (Å²) >= 11 is 5.47. The third-order valence-electron chi connectivity index (χ3n) is 3.45. The van der Waals surface area contributed by atoms with E-state index in [2.05, 4.69) is 50.3 Å². The molecule has 1 aromatic rings. The average molecular weight is 399 g/mol. The van der Waals surface area contributed by atoms with E-state index in [1.54, 1.807) is 0 Å². The Bertz CT molecular complexity index is 600. The van der Waals surface area contributed by atoms with Gasteiger partial charge in [-0.1, -0.05) is 54.8 Å². The Morgan fingerprint density at radius 1 is 1.05 bits per heavy atom. The van der Waals surface area contributed by atoms with Crippen LogP contribution in [-0.4, -0.2) is 4.86 Å².